The molecule has 0 unspecified atom stereocenters. The van der Waals surface area contributed by atoms with Crippen LogP contribution in [0.4, 0.5) is 5.69 Å². The van der Waals surface area contributed by atoms with Gasteiger partial charge in [-0.1, -0.05) is 18.2 Å². The van der Waals surface area contributed by atoms with Crippen LogP contribution in [-0.4, -0.2) is 33.3 Å². The van der Waals surface area contributed by atoms with Gasteiger partial charge in [0.2, 0.25) is 0 Å². The number of para-hydroxylation sites is 1. The van der Waals surface area contributed by atoms with Crippen LogP contribution in [0, 0.1) is 0 Å². The maximum absolute atomic E-state index is 13.5. The Labute approximate surface area is 201 Å². The molecule has 0 saturated heterocycles. The van der Waals surface area contributed by atoms with Gasteiger partial charge in [0.25, 0.3) is 5.91 Å². The summed E-state index contributed by atoms with van der Waals surface area (Å²) in [6, 6.07) is 19.2. The predicted octanol–water partition coefficient (Wildman–Crippen LogP) is 4.35. The van der Waals surface area contributed by atoms with Crippen LogP contribution in [0.25, 0.3) is 11.0 Å². The van der Waals surface area contributed by atoms with E-state index in [1.165, 1.54) is 7.11 Å². The fourth-order valence-corrected chi connectivity index (χ4v) is 4.36. The number of anilines is 1. The van der Waals surface area contributed by atoms with Gasteiger partial charge in [-0.2, -0.15) is 0 Å². The first-order valence-electron chi connectivity index (χ1n) is 10.9. The summed E-state index contributed by atoms with van der Waals surface area (Å²) in [4.78, 5) is 26.7. The number of hydrogen-bond acceptors (Lipinski definition) is 7. The highest BCUT2D eigenvalue weighted by molar-refractivity contribution is 5.98. The summed E-state index contributed by atoms with van der Waals surface area (Å²) in [6.45, 7) is 0. The van der Waals surface area contributed by atoms with Gasteiger partial charge in [0.15, 0.2) is 6.10 Å². The van der Waals surface area contributed by atoms with Crippen molar-refractivity contribution in [3.8, 4) is 23.0 Å². The first kappa shape index (κ1) is 22.3. The van der Waals surface area contributed by atoms with E-state index in [1.54, 1.807) is 74.9 Å². The molecule has 8 heteroatoms. The van der Waals surface area contributed by atoms with Gasteiger partial charge in [-0.05, 0) is 42.5 Å². The van der Waals surface area contributed by atoms with E-state index in [1.807, 2.05) is 6.07 Å². The minimum atomic E-state index is -1.05. The van der Waals surface area contributed by atoms with Crippen LogP contribution in [0.2, 0.25) is 0 Å². The number of nitrogens with one attached hydrogen (secondary N) is 1. The van der Waals surface area contributed by atoms with Crippen molar-refractivity contribution in [1.82, 2.24) is 0 Å². The van der Waals surface area contributed by atoms with Crippen molar-refractivity contribution in [2.75, 3.05) is 26.6 Å². The molecule has 35 heavy (non-hydrogen) atoms. The van der Waals surface area contributed by atoms with Gasteiger partial charge in [-0.3, -0.25) is 4.79 Å². The number of carbonyl (C=O) groups is 1. The normalized spacial score (nSPS) is 16.3. The minimum Gasteiger partial charge on any atom is -0.497 e. The number of benzene rings is 3. The Morgan fingerprint density at radius 1 is 0.886 bits per heavy atom. The lowest BCUT2D eigenvalue weighted by Crippen LogP contribution is -2.35. The quantitative estimate of drug-likeness (QED) is 0.416. The van der Waals surface area contributed by atoms with Crippen molar-refractivity contribution < 1.29 is 28.2 Å². The van der Waals surface area contributed by atoms with Gasteiger partial charge in [0.1, 0.15) is 28.6 Å². The molecule has 0 aliphatic carbocycles. The van der Waals surface area contributed by atoms with Crippen molar-refractivity contribution >= 4 is 22.6 Å². The molecule has 0 spiro atoms. The Bertz CT molecular complexity index is 1460. The smallest absolute Gasteiger partial charge is 0.344 e. The Hall–Kier alpha value is -4.46. The second-order valence-electron chi connectivity index (χ2n) is 7.97. The van der Waals surface area contributed by atoms with Crippen molar-refractivity contribution in [2.24, 2.45) is 0 Å². The van der Waals surface area contributed by atoms with E-state index in [0.717, 1.165) is 0 Å². The van der Waals surface area contributed by atoms with E-state index in [2.05, 4.69) is 5.32 Å². The molecule has 8 nitrogen and oxygen atoms in total. The summed E-state index contributed by atoms with van der Waals surface area (Å²) in [5.74, 6) is 0.838. The molecule has 2 heterocycles. The third kappa shape index (κ3) is 3.93. The molecule has 0 fully saturated rings. The number of ether oxygens (including phenoxy) is 4. The molecule has 4 aromatic rings. The summed E-state index contributed by atoms with van der Waals surface area (Å²) in [5.41, 5.74) is 1.24. The molecule has 0 radical (unpaired) electrons. The molecule has 1 aliphatic rings. The molecular weight excluding hydrogens is 450 g/mol. The average Bonchev–Trinajstić information content (AvgIpc) is 3.30. The fourth-order valence-electron chi connectivity index (χ4n) is 4.36. The lowest BCUT2D eigenvalue weighted by Gasteiger charge is -2.21. The minimum absolute atomic E-state index is 0.266. The molecule has 1 aliphatic heterocycles. The van der Waals surface area contributed by atoms with Crippen LogP contribution >= 0.6 is 0 Å². The van der Waals surface area contributed by atoms with Gasteiger partial charge in [0, 0.05) is 17.3 Å². The lowest BCUT2D eigenvalue weighted by molar-refractivity contribution is -0.122. The third-order valence-corrected chi connectivity index (χ3v) is 6.05. The van der Waals surface area contributed by atoms with Gasteiger partial charge in [0.05, 0.1) is 38.2 Å². The fraction of sp³-hybridized carbons (Fsp3) is 0.185. The molecule has 3 aromatic carbocycles. The van der Waals surface area contributed by atoms with Crippen LogP contribution in [0.15, 0.2) is 75.9 Å². The lowest BCUT2D eigenvalue weighted by atomic mass is 9.87. The highest BCUT2D eigenvalue weighted by Crippen LogP contribution is 2.47. The van der Waals surface area contributed by atoms with E-state index < -0.39 is 23.6 Å². The van der Waals surface area contributed by atoms with Crippen molar-refractivity contribution in [2.45, 2.75) is 12.0 Å². The summed E-state index contributed by atoms with van der Waals surface area (Å²) >= 11 is 0. The second kappa shape index (κ2) is 9.06. The van der Waals surface area contributed by atoms with Gasteiger partial charge < -0.3 is 28.7 Å². The van der Waals surface area contributed by atoms with E-state index in [-0.39, 0.29) is 5.56 Å². The number of methoxy groups -OCH3 is 3. The van der Waals surface area contributed by atoms with E-state index >= 15 is 0 Å². The van der Waals surface area contributed by atoms with Gasteiger partial charge in [-0.15, -0.1) is 0 Å². The topological polar surface area (TPSA) is 96.2 Å². The van der Waals surface area contributed by atoms with Crippen molar-refractivity contribution in [1.29, 1.82) is 0 Å². The van der Waals surface area contributed by atoms with Gasteiger partial charge >= 0.3 is 5.63 Å². The van der Waals surface area contributed by atoms with Crippen molar-refractivity contribution in [3.05, 3.63) is 88.3 Å². The molecule has 0 saturated carbocycles. The number of amides is 1. The molecule has 1 N–H and O–H groups in total. The maximum Gasteiger partial charge on any atom is 0.344 e. The maximum atomic E-state index is 13.5. The molecular formula is C27H23NO7. The SMILES string of the molecule is COc1ccc(NC(=O)[C@H]2Oc3c(c(=O)oc4ccccc34)[C@@H]2c2ccc(OC)cc2OC)cc1. The summed E-state index contributed by atoms with van der Waals surface area (Å²) in [5, 5.41) is 3.49. The summed E-state index contributed by atoms with van der Waals surface area (Å²) in [6.07, 6.45) is -1.05. The van der Waals surface area contributed by atoms with Crippen LogP contribution in [0.1, 0.15) is 17.0 Å². The van der Waals surface area contributed by atoms with E-state index in [9.17, 15) is 9.59 Å². The second-order valence-corrected chi connectivity index (χ2v) is 7.97. The number of rotatable bonds is 6. The Balaban J connectivity index is 1.64. The summed E-state index contributed by atoms with van der Waals surface area (Å²) < 4.78 is 27.9. The first-order valence-corrected chi connectivity index (χ1v) is 10.9. The highest BCUT2D eigenvalue weighted by atomic mass is 16.5. The molecule has 2 atom stereocenters. The third-order valence-electron chi connectivity index (χ3n) is 6.05. The molecule has 178 valence electrons. The van der Waals surface area contributed by atoms with Crippen LogP contribution in [0.3, 0.4) is 0 Å². The zero-order valence-corrected chi connectivity index (χ0v) is 19.4. The number of carbonyl (C=O) groups excluding carboxylic acids is 1. The largest absolute Gasteiger partial charge is 0.497 e. The predicted molar refractivity (Wildman–Crippen MR) is 130 cm³/mol. The Morgan fingerprint density at radius 2 is 1.60 bits per heavy atom. The standard InChI is InChI=1S/C27H23NO7/c1-31-16-10-8-15(9-11-16)28-26(29)25-22(18-13-12-17(32-2)14-21(18)33-3)23-24(35-25)19-6-4-5-7-20(19)34-27(23)30/h4-14,22,25H,1-3H3,(H,28,29)/t22-,25-/m0/s1. The van der Waals surface area contributed by atoms with Crippen molar-refractivity contribution in [3.63, 3.8) is 0 Å². The van der Waals surface area contributed by atoms with Crippen LogP contribution in [0.5, 0.6) is 23.0 Å². The Kier molecular flexibility index (Phi) is 5.78. The molecule has 1 amide bonds. The Morgan fingerprint density at radius 3 is 2.31 bits per heavy atom. The van der Waals surface area contributed by atoms with E-state index in [4.69, 9.17) is 23.4 Å². The summed E-state index contributed by atoms with van der Waals surface area (Å²) in [7, 11) is 4.64. The van der Waals surface area contributed by atoms with Crippen LogP contribution in [-0.2, 0) is 4.79 Å². The molecule has 1 aromatic heterocycles. The zero-order valence-electron chi connectivity index (χ0n) is 19.4. The average molecular weight is 473 g/mol. The number of hydrogen-bond donors (Lipinski definition) is 1. The monoisotopic (exact) mass is 473 g/mol. The van der Waals surface area contributed by atoms with Gasteiger partial charge in [-0.25, -0.2) is 4.79 Å². The molecule has 0 bridgehead atoms. The van der Waals surface area contributed by atoms with E-state index in [0.29, 0.717) is 45.2 Å². The number of fused-ring (bicyclic) bond motifs is 3. The first-order chi connectivity index (χ1) is 17.0. The molecule has 5 rings (SSSR count). The van der Waals surface area contributed by atoms with Crippen LogP contribution < -0.4 is 29.9 Å². The zero-order chi connectivity index (χ0) is 24.5. The highest BCUT2D eigenvalue weighted by Gasteiger charge is 2.45.